The predicted molar refractivity (Wildman–Crippen MR) is 39.1 cm³/mol. The molecule has 0 atom stereocenters. The second-order valence-corrected chi connectivity index (χ2v) is 2.20. The SMILES string of the molecule is C1=Cc2cccnc2C[N]1. The molecule has 0 bridgehead atoms. The summed E-state index contributed by atoms with van der Waals surface area (Å²) < 4.78 is 0. The first-order chi connectivity index (χ1) is 4.97. The van der Waals surface area contributed by atoms with Gasteiger partial charge in [-0.25, -0.2) is 0 Å². The van der Waals surface area contributed by atoms with E-state index in [9.17, 15) is 0 Å². The highest BCUT2D eigenvalue weighted by Crippen LogP contribution is 2.10. The molecule has 0 saturated heterocycles. The molecular formula is C8H7N2. The summed E-state index contributed by atoms with van der Waals surface area (Å²) in [5.74, 6) is 0. The van der Waals surface area contributed by atoms with Crippen LogP contribution in [0.15, 0.2) is 24.5 Å². The molecule has 0 amide bonds. The Morgan fingerprint density at radius 2 is 2.40 bits per heavy atom. The minimum absolute atomic E-state index is 0.729. The Bertz CT molecular complexity index is 266. The van der Waals surface area contributed by atoms with Crippen molar-refractivity contribution in [1.82, 2.24) is 10.3 Å². The molecule has 0 saturated carbocycles. The van der Waals surface area contributed by atoms with E-state index in [0.29, 0.717) is 0 Å². The minimum atomic E-state index is 0.729. The summed E-state index contributed by atoms with van der Waals surface area (Å²) in [5, 5.41) is 4.08. The summed E-state index contributed by atoms with van der Waals surface area (Å²) >= 11 is 0. The maximum atomic E-state index is 4.17. The molecule has 0 N–H and O–H groups in total. The topological polar surface area (TPSA) is 27.0 Å². The predicted octanol–water partition coefficient (Wildman–Crippen LogP) is 1.17. The van der Waals surface area contributed by atoms with Crippen molar-refractivity contribution in [3.8, 4) is 0 Å². The van der Waals surface area contributed by atoms with E-state index in [1.54, 1.807) is 6.20 Å². The zero-order chi connectivity index (χ0) is 6.81. The molecular weight excluding hydrogens is 124 g/mol. The van der Waals surface area contributed by atoms with Crippen molar-refractivity contribution >= 4 is 6.08 Å². The molecule has 2 nitrogen and oxygen atoms in total. The molecule has 49 valence electrons. The lowest BCUT2D eigenvalue weighted by Crippen LogP contribution is -2.05. The number of aromatic nitrogens is 1. The Labute approximate surface area is 59.6 Å². The molecule has 0 aromatic carbocycles. The Kier molecular flexibility index (Phi) is 1.17. The Morgan fingerprint density at radius 1 is 1.40 bits per heavy atom. The van der Waals surface area contributed by atoms with Crippen molar-refractivity contribution in [3.05, 3.63) is 35.8 Å². The molecule has 0 spiro atoms. The van der Waals surface area contributed by atoms with Crippen LogP contribution in [0.25, 0.3) is 6.08 Å². The van der Waals surface area contributed by atoms with Crippen molar-refractivity contribution in [1.29, 1.82) is 0 Å². The molecule has 2 rings (SSSR count). The first kappa shape index (κ1) is 5.47. The highest BCUT2D eigenvalue weighted by Gasteiger charge is 2.02. The Balaban J connectivity index is 2.54. The summed E-state index contributed by atoms with van der Waals surface area (Å²) in [7, 11) is 0. The summed E-state index contributed by atoms with van der Waals surface area (Å²) in [4.78, 5) is 4.17. The smallest absolute Gasteiger partial charge is 0.0817 e. The van der Waals surface area contributed by atoms with E-state index in [1.807, 2.05) is 24.4 Å². The van der Waals surface area contributed by atoms with Gasteiger partial charge in [-0.1, -0.05) is 6.07 Å². The molecule has 0 fully saturated rings. The van der Waals surface area contributed by atoms with E-state index in [4.69, 9.17) is 0 Å². The third-order valence-corrected chi connectivity index (χ3v) is 1.53. The van der Waals surface area contributed by atoms with Gasteiger partial charge in [0, 0.05) is 12.4 Å². The normalized spacial score (nSPS) is 14.0. The first-order valence-electron chi connectivity index (χ1n) is 3.24. The van der Waals surface area contributed by atoms with Gasteiger partial charge in [-0.05, 0) is 17.7 Å². The molecule has 1 aliphatic rings. The maximum absolute atomic E-state index is 4.17. The molecule has 10 heavy (non-hydrogen) atoms. The summed E-state index contributed by atoms with van der Waals surface area (Å²) in [6, 6.07) is 3.99. The van der Waals surface area contributed by atoms with Gasteiger partial charge in [-0.15, -0.1) is 0 Å². The van der Waals surface area contributed by atoms with Gasteiger partial charge in [0.05, 0.1) is 12.2 Å². The lowest BCUT2D eigenvalue weighted by atomic mass is 10.1. The van der Waals surface area contributed by atoms with Crippen LogP contribution in [0.2, 0.25) is 0 Å². The number of hydrogen-bond acceptors (Lipinski definition) is 1. The van der Waals surface area contributed by atoms with Crippen molar-refractivity contribution in [3.63, 3.8) is 0 Å². The van der Waals surface area contributed by atoms with E-state index >= 15 is 0 Å². The van der Waals surface area contributed by atoms with Gasteiger partial charge < -0.3 is 0 Å². The fourth-order valence-corrected chi connectivity index (χ4v) is 1.01. The van der Waals surface area contributed by atoms with Gasteiger partial charge in [-0.3, -0.25) is 10.3 Å². The number of rotatable bonds is 0. The molecule has 1 aromatic heterocycles. The molecule has 1 aliphatic heterocycles. The maximum Gasteiger partial charge on any atom is 0.0817 e. The van der Waals surface area contributed by atoms with E-state index in [-0.39, 0.29) is 0 Å². The van der Waals surface area contributed by atoms with Crippen molar-refractivity contribution in [2.75, 3.05) is 0 Å². The van der Waals surface area contributed by atoms with Gasteiger partial charge in [0.15, 0.2) is 0 Å². The van der Waals surface area contributed by atoms with Crippen molar-refractivity contribution in [2.24, 2.45) is 0 Å². The first-order valence-corrected chi connectivity index (χ1v) is 3.24. The molecule has 2 heterocycles. The van der Waals surface area contributed by atoms with Crippen LogP contribution in [0.5, 0.6) is 0 Å². The summed E-state index contributed by atoms with van der Waals surface area (Å²) in [5.41, 5.74) is 2.27. The minimum Gasteiger partial charge on any atom is -0.287 e. The number of hydrogen-bond donors (Lipinski definition) is 0. The van der Waals surface area contributed by atoms with Crippen molar-refractivity contribution < 1.29 is 0 Å². The number of pyridine rings is 1. The van der Waals surface area contributed by atoms with Crippen molar-refractivity contribution in [2.45, 2.75) is 6.54 Å². The monoisotopic (exact) mass is 131 g/mol. The van der Waals surface area contributed by atoms with Gasteiger partial charge in [0.1, 0.15) is 0 Å². The highest BCUT2D eigenvalue weighted by atomic mass is 14.9. The van der Waals surface area contributed by atoms with Crippen LogP contribution >= 0.6 is 0 Å². The Morgan fingerprint density at radius 3 is 3.30 bits per heavy atom. The lowest BCUT2D eigenvalue weighted by Gasteiger charge is -2.06. The quantitative estimate of drug-likeness (QED) is 0.519. The fraction of sp³-hybridized carbons (Fsp3) is 0.125. The molecule has 1 aromatic rings. The van der Waals surface area contributed by atoms with Gasteiger partial charge >= 0.3 is 0 Å². The van der Waals surface area contributed by atoms with E-state index in [0.717, 1.165) is 12.2 Å². The molecule has 0 aliphatic carbocycles. The van der Waals surface area contributed by atoms with E-state index in [2.05, 4.69) is 10.3 Å². The van der Waals surface area contributed by atoms with Gasteiger partial charge in [0.25, 0.3) is 0 Å². The van der Waals surface area contributed by atoms with Crippen LogP contribution in [-0.4, -0.2) is 4.98 Å². The van der Waals surface area contributed by atoms with Crippen LogP contribution in [0, 0.1) is 0 Å². The summed E-state index contributed by atoms with van der Waals surface area (Å²) in [6.07, 6.45) is 5.60. The number of fused-ring (bicyclic) bond motifs is 1. The Hall–Kier alpha value is -1.31. The van der Waals surface area contributed by atoms with Crippen LogP contribution in [0.3, 0.4) is 0 Å². The lowest BCUT2D eigenvalue weighted by molar-refractivity contribution is 0.808. The second-order valence-electron chi connectivity index (χ2n) is 2.20. The van der Waals surface area contributed by atoms with Gasteiger partial charge in [-0.2, -0.15) is 0 Å². The van der Waals surface area contributed by atoms with E-state index < -0.39 is 0 Å². The third-order valence-electron chi connectivity index (χ3n) is 1.53. The average molecular weight is 131 g/mol. The van der Waals surface area contributed by atoms with Crippen LogP contribution in [0.4, 0.5) is 0 Å². The van der Waals surface area contributed by atoms with Crippen LogP contribution in [0.1, 0.15) is 11.3 Å². The summed E-state index contributed by atoms with van der Waals surface area (Å²) in [6.45, 7) is 0.729. The van der Waals surface area contributed by atoms with E-state index in [1.165, 1.54) is 5.56 Å². The van der Waals surface area contributed by atoms with Gasteiger partial charge in [0.2, 0.25) is 0 Å². The van der Waals surface area contributed by atoms with Crippen LogP contribution in [-0.2, 0) is 6.54 Å². The molecule has 1 radical (unpaired) electrons. The zero-order valence-corrected chi connectivity index (χ0v) is 5.49. The third kappa shape index (κ3) is 0.778. The average Bonchev–Trinajstić information content (AvgIpc) is 2.05. The second kappa shape index (κ2) is 2.14. The molecule has 0 unspecified atom stereocenters. The van der Waals surface area contributed by atoms with Crippen LogP contribution < -0.4 is 5.32 Å². The number of nitrogens with zero attached hydrogens (tertiary/aromatic N) is 2. The standard InChI is InChI=1S/C8H7N2/c1-2-7-3-5-9-6-8(7)10-4-1/h1-5H,6H2. The zero-order valence-electron chi connectivity index (χ0n) is 5.49. The largest absolute Gasteiger partial charge is 0.287 e. The molecule has 2 heteroatoms. The fourth-order valence-electron chi connectivity index (χ4n) is 1.01. The highest BCUT2D eigenvalue weighted by molar-refractivity contribution is 5.52.